The highest BCUT2D eigenvalue weighted by atomic mass is 32.1. The summed E-state index contributed by atoms with van der Waals surface area (Å²) >= 11 is 3.32. The largest absolute Gasteiger partial charge is 0.339 e. The van der Waals surface area contributed by atoms with Crippen LogP contribution in [0, 0.1) is 0 Å². The second-order valence-corrected chi connectivity index (χ2v) is 9.78. The van der Waals surface area contributed by atoms with Gasteiger partial charge in [-0.1, -0.05) is 0 Å². The van der Waals surface area contributed by atoms with E-state index in [0.717, 1.165) is 68.7 Å². The molecule has 154 valence electrons. The lowest BCUT2D eigenvalue weighted by Crippen LogP contribution is -2.14. The van der Waals surface area contributed by atoms with Crippen LogP contribution in [0.4, 0.5) is 0 Å². The van der Waals surface area contributed by atoms with Crippen molar-refractivity contribution in [1.29, 1.82) is 0 Å². The van der Waals surface area contributed by atoms with Crippen LogP contribution in [0.2, 0.25) is 0 Å². The van der Waals surface area contributed by atoms with E-state index in [1.165, 1.54) is 12.8 Å². The maximum atomic E-state index is 4.62. The van der Waals surface area contributed by atoms with Gasteiger partial charge in [-0.05, 0) is 38.8 Å². The Kier molecular flexibility index (Phi) is 4.71. The van der Waals surface area contributed by atoms with Crippen molar-refractivity contribution in [3.8, 4) is 31.2 Å². The molecule has 4 aromatic heterocycles. The topological polar surface area (TPSA) is 107 Å². The van der Waals surface area contributed by atoms with E-state index in [0.29, 0.717) is 12.1 Å². The van der Waals surface area contributed by atoms with Crippen LogP contribution >= 0.6 is 22.7 Å². The summed E-state index contributed by atoms with van der Waals surface area (Å²) < 4.78 is 0. The van der Waals surface area contributed by atoms with E-state index in [4.69, 9.17) is 0 Å². The van der Waals surface area contributed by atoms with Crippen molar-refractivity contribution in [1.82, 2.24) is 40.5 Å². The Morgan fingerprint density at radius 3 is 1.60 bits per heavy atom. The van der Waals surface area contributed by atoms with Gasteiger partial charge in [-0.3, -0.25) is 0 Å². The van der Waals surface area contributed by atoms with Crippen LogP contribution in [-0.4, -0.2) is 43.0 Å². The number of hydrogen-bond donors (Lipinski definition) is 4. The van der Waals surface area contributed by atoms with E-state index in [9.17, 15) is 0 Å². The molecule has 10 heteroatoms. The van der Waals surface area contributed by atoms with Gasteiger partial charge < -0.3 is 20.6 Å². The number of imidazole rings is 2. The molecule has 4 aromatic rings. The number of thiazole rings is 2. The van der Waals surface area contributed by atoms with Crippen molar-refractivity contribution in [2.24, 2.45) is 0 Å². The Morgan fingerprint density at radius 1 is 0.667 bits per heavy atom. The van der Waals surface area contributed by atoms with Gasteiger partial charge >= 0.3 is 0 Å². The zero-order valence-electron chi connectivity index (χ0n) is 16.3. The van der Waals surface area contributed by atoms with Crippen LogP contribution in [0.1, 0.15) is 49.4 Å². The maximum absolute atomic E-state index is 4.62. The summed E-state index contributed by atoms with van der Waals surface area (Å²) in [6.07, 6.45) is 12.3. The summed E-state index contributed by atoms with van der Waals surface area (Å²) in [7, 11) is 0. The second kappa shape index (κ2) is 7.69. The van der Waals surface area contributed by atoms with Crippen molar-refractivity contribution in [3.63, 3.8) is 0 Å². The van der Waals surface area contributed by atoms with E-state index in [1.807, 2.05) is 24.8 Å². The van der Waals surface area contributed by atoms with Crippen LogP contribution in [0.3, 0.4) is 0 Å². The molecule has 2 aliphatic heterocycles. The fourth-order valence-electron chi connectivity index (χ4n) is 4.11. The molecule has 4 N–H and O–H groups in total. The quantitative estimate of drug-likeness (QED) is 0.376. The SMILES string of the molecule is c1nc(C2CCCN2)[nH]c1-c1ncc(-c2cnc(-c3cnc(C4CCCN4)[nH]3)s2)s1. The van der Waals surface area contributed by atoms with E-state index in [-0.39, 0.29) is 0 Å². The van der Waals surface area contributed by atoms with Gasteiger partial charge in [-0.25, -0.2) is 19.9 Å². The molecule has 0 bridgehead atoms. The van der Waals surface area contributed by atoms with E-state index in [2.05, 4.69) is 40.5 Å². The minimum absolute atomic E-state index is 0.334. The van der Waals surface area contributed by atoms with Crippen LogP contribution in [0.5, 0.6) is 0 Å². The molecule has 30 heavy (non-hydrogen) atoms. The summed E-state index contributed by atoms with van der Waals surface area (Å²) in [5.74, 6) is 2.01. The number of nitrogens with zero attached hydrogens (tertiary/aromatic N) is 4. The lowest BCUT2D eigenvalue weighted by atomic mass is 10.2. The van der Waals surface area contributed by atoms with Gasteiger partial charge in [0.05, 0.1) is 45.6 Å². The number of aromatic nitrogens is 6. The first-order valence-corrected chi connectivity index (χ1v) is 12.0. The van der Waals surface area contributed by atoms with Gasteiger partial charge in [-0.2, -0.15) is 0 Å². The molecule has 2 saturated heterocycles. The standard InChI is InChI=1S/C20H22N8S2/c1-3-11(21-5-1)17-23-7-13(27-17)19-25-9-15(29-19)16-10-26-20(30-16)14-8-24-18(28-14)12-4-2-6-22-12/h7-12,21-22H,1-6H2,(H,23,27)(H,24,28). The van der Waals surface area contributed by atoms with Crippen LogP contribution < -0.4 is 10.6 Å². The van der Waals surface area contributed by atoms with Gasteiger partial charge in [0.1, 0.15) is 21.7 Å². The molecule has 6 rings (SSSR count). The highest BCUT2D eigenvalue weighted by Crippen LogP contribution is 2.37. The first-order valence-electron chi connectivity index (χ1n) is 10.3. The summed E-state index contributed by atoms with van der Waals surface area (Å²) in [5, 5.41) is 8.86. The first kappa shape index (κ1) is 18.4. The third-order valence-corrected chi connectivity index (χ3v) is 7.94. The summed E-state index contributed by atoms with van der Waals surface area (Å²) in [5.41, 5.74) is 1.95. The van der Waals surface area contributed by atoms with Crippen LogP contribution in [0.15, 0.2) is 24.8 Å². The van der Waals surface area contributed by atoms with Gasteiger partial charge in [-0.15, -0.1) is 22.7 Å². The van der Waals surface area contributed by atoms with Gasteiger partial charge in [0.15, 0.2) is 0 Å². The lowest BCUT2D eigenvalue weighted by Gasteiger charge is -2.04. The van der Waals surface area contributed by atoms with Crippen molar-refractivity contribution in [2.75, 3.05) is 13.1 Å². The average Bonchev–Trinajstić information content (AvgIpc) is 3.62. The molecule has 0 amide bonds. The third-order valence-electron chi connectivity index (χ3n) is 5.69. The number of nitrogens with one attached hydrogen (secondary N) is 4. The molecular weight excluding hydrogens is 416 g/mol. The van der Waals surface area contributed by atoms with Crippen molar-refractivity contribution >= 4 is 22.7 Å². The van der Waals surface area contributed by atoms with Crippen LogP contribution in [0.25, 0.3) is 31.2 Å². The zero-order chi connectivity index (χ0) is 19.9. The molecule has 6 heterocycles. The maximum Gasteiger partial charge on any atom is 0.141 e. The average molecular weight is 439 g/mol. The van der Waals surface area contributed by atoms with Crippen molar-refractivity contribution in [2.45, 2.75) is 37.8 Å². The Bertz CT molecular complexity index is 1050. The minimum Gasteiger partial charge on any atom is -0.339 e. The molecule has 0 radical (unpaired) electrons. The highest BCUT2D eigenvalue weighted by molar-refractivity contribution is 7.24. The van der Waals surface area contributed by atoms with Crippen molar-refractivity contribution in [3.05, 3.63) is 36.4 Å². The Labute approximate surface area is 181 Å². The first-order chi connectivity index (χ1) is 14.8. The molecule has 2 atom stereocenters. The Balaban J connectivity index is 1.21. The van der Waals surface area contributed by atoms with Crippen LogP contribution in [-0.2, 0) is 0 Å². The summed E-state index contributed by atoms with van der Waals surface area (Å²) in [6, 6.07) is 0.668. The molecule has 0 aliphatic carbocycles. The molecule has 0 aromatic carbocycles. The molecule has 0 spiro atoms. The molecular formula is C20H22N8S2. The summed E-state index contributed by atoms with van der Waals surface area (Å²) in [4.78, 5) is 27.5. The smallest absolute Gasteiger partial charge is 0.141 e. The number of aromatic amines is 2. The third kappa shape index (κ3) is 3.39. The molecule has 2 unspecified atom stereocenters. The molecule has 0 saturated carbocycles. The molecule has 2 fully saturated rings. The monoisotopic (exact) mass is 438 g/mol. The molecule has 2 aliphatic rings. The fraction of sp³-hybridized carbons (Fsp3) is 0.400. The van der Waals surface area contributed by atoms with E-state index < -0.39 is 0 Å². The normalized spacial score (nSPS) is 21.6. The van der Waals surface area contributed by atoms with Gasteiger partial charge in [0.2, 0.25) is 0 Å². The lowest BCUT2D eigenvalue weighted by molar-refractivity contribution is 0.613. The number of hydrogen-bond acceptors (Lipinski definition) is 8. The predicted molar refractivity (Wildman–Crippen MR) is 118 cm³/mol. The number of rotatable bonds is 5. The van der Waals surface area contributed by atoms with E-state index in [1.54, 1.807) is 22.7 Å². The zero-order valence-corrected chi connectivity index (χ0v) is 17.9. The minimum atomic E-state index is 0.334. The highest BCUT2D eigenvalue weighted by Gasteiger charge is 2.21. The fourth-order valence-corrected chi connectivity index (χ4v) is 5.93. The molecule has 8 nitrogen and oxygen atoms in total. The second-order valence-electron chi connectivity index (χ2n) is 7.72. The Morgan fingerprint density at radius 2 is 1.17 bits per heavy atom. The Hall–Kier alpha value is -2.40. The summed E-state index contributed by atoms with van der Waals surface area (Å²) in [6.45, 7) is 2.12. The number of H-pyrrole nitrogens is 2. The van der Waals surface area contributed by atoms with Crippen molar-refractivity contribution < 1.29 is 0 Å². The predicted octanol–water partition coefficient (Wildman–Crippen LogP) is 3.90. The van der Waals surface area contributed by atoms with E-state index >= 15 is 0 Å². The van der Waals surface area contributed by atoms with Gasteiger partial charge in [0.25, 0.3) is 0 Å². The van der Waals surface area contributed by atoms with Gasteiger partial charge in [0, 0.05) is 12.4 Å².